The van der Waals surface area contributed by atoms with Gasteiger partial charge in [0.25, 0.3) is 0 Å². The maximum Gasteiger partial charge on any atom is 0.187 e. The van der Waals surface area contributed by atoms with Crippen molar-refractivity contribution < 1.29 is 99.2 Å². The van der Waals surface area contributed by atoms with Crippen LogP contribution in [0.1, 0.15) is 51.4 Å². The van der Waals surface area contributed by atoms with Crippen molar-refractivity contribution in [1.29, 1.82) is 0 Å². The van der Waals surface area contributed by atoms with Gasteiger partial charge in [-0.25, -0.2) is 0 Å². The summed E-state index contributed by atoms with van der Waals surface area (Å²) in [6.45, 7) is -0.225. The Morgan fingerprint density at radius 2 is 1.07 bits per heavy atom. The van der Waals surface area contributed by atoms with Crippen molar-refractivity contribution in [2.75, 3.05) is 65.8 Å². The lowest BCUT2D eigenvalue weighted by molar-refractivity contribution is -0.366. The van der Waals surface area contributed by atoms with Gasteiger partial charge in [-0.1, -0.05) is 32.1 Å². The van der Waals surface area contributed by atoms with Crippen LogP contribution in [0.15, 0.2) is 0 Å². The Balaban J connectivity index is 1.24. The Morgan fingerprint density at radius 3 is 1.63 bits per heavy atom. The summed E-state index contributed by atoms with van der Waals surface area (Å²) >= 11 is 0. The third-order valence-electron chi connectivity index (χ3n) is 12.4. The van der Waals surface area contributed by atoms with E-state index in [1.165, 1.54) is 0 Å². The van der Waals surface area contributed by atoms with Gasteiger partial charge in [0.15, 0.2) is 25.2 Å². The van der Waals surface area contributed by atoms with Crippen LogP contribution in [0.3, 0.4) is 0 Å². The average Bonchev–Trinajstić information content (AvgIpc) is 3.22. The van der Waals surface area contributed by atoms with Crippen LogP contribution in [0.4, 0.5) is 0 Å². The van der Waals surface area contributed by atoms with Crippen molar-refractivity contribution >= 4 is 0 Å². The summed E-state index contributed by atoms with van der Waals surface area (Å²) in [5.41, 5.74) is 5.67. The van der Waals surface area contributed by atoms with Crippen LogP contribution in [-0.4, -0.2) is 243 Å². The minimum Gasteiger partial charge on any atom is -0.394 e. The van der Waals surface area contributed by atoms with Crippen LogP contribution in [0.25, 0.3) is 0 Å². The van der Waals surface area contributed by atoms with Crippen molar-refractivity contribution in [2.24, 2.45) is 17.6 Å². The predicted octanol–water partition coefficient (Wildman–Crippen LogP) is -5.83. The number of rotatable bonds is 23. The summed E-state index contributed by atoms with van der Waals surface area (Å²) in [6.07, 6.45) is -19.7. The monoisotopic (exact) mass is 874 g/mol. The molecule has 0 spiro atoms. The Labute approximate surface area is 349 Å². The van der Waals surface area contributed by atoms with E-state index in [0.717, 1.165) is 44.9 Å². The lowest BCUT2D eigenvalue weighted by Crippen LogP contribution is -2.65. The highest BCUT2D eigenvalue weighted by Gasteiger charge is 2.52. The first-order valence-electron chi connectivity index (χ1n) is 21.3. The van der Waals surface area contributed by atoms with Gasteiger partial charge < -0.3 is 105 Å². The first kappa shape index (κ1) is 50.1. The summed E-state index contributed by atoms with van der Waals surface area (Å²) < 4.78 is 46.2. The number of hydrogen-bond donors (Lipinski definition) is 13. The first-order valence-corrected chi connectivity index (χ1v) is 21.3. The second-order valence-electron chi connectivity index (χ2n) is 16.5. The van der Waals surface area contributed by atoms with Crippen LogP contribution in [0.2, 0.25) is 0 Å². The third kappa shape index (κ3) is 12.7. The molecule has 0 aromatic rings. The van der Waals surface area contributed by atoms with Crippen molar-refractivity contribution in [2.45, 2.75) is 162 Å². The molecule has 0 amide bonds. The zero-order valence-electron chi connectivity index (χ0n) is 33.9. The average molecular weight is 875 g/mol. The van der Waals surface area contributed by atoms with E-state index in [-0.39, 0.29) is 32.3 Å². The smallest absolute Gasteiger partial charge is 0.187 e. The van der Waals surface area contributed by atoms with Crippen molar-refractivity contribution in [1.82, 2.24) is 4.90 Å². The van der Waals surface area contributed by atoms with Gasteiger partial charge in [-0.05, 0) is 44.2 Å². The lowest BCUT2D eigenvalue weighted by Gasteiger charge is -2.46. The van der Waals surface area contributed by atoms with E-state index in [9.17, 15) is 61.3 Å². The molecule has 1 saturated carbocycles. The van der Waals surface area contributed by atoms with Gasteiger partial charge in [0.05, 0.1) is 45.7 Å². The summed E-state index contributed by atoms with van der Waals surface area (Å²) in [6, 6.07) is 0. The number of unbranched alkanes of at least 4 members (excludes halogenated alkanes) is 3. The number of nitrogens with two attached hydrogens (primary N) is 1. The molecule has 4 aliphatic heterocycles. The molecule has 0 aromatic heterocycles. The Hall–Kier alpha value is -0.880. The minimum atomic E-state index is -1.88. The van der Waals surface area contributed by atoms with E-state index in [1.54, 1.807) is 0 Å². The maximum absolute atomic E-state index is 11.5. The normalized spacial score (nSPS) is 43.0. The zero-order valence-corrected chi connectivity index (χ0v) is 33.9. The molecule has 5 aliphatic rings. The molecule has 13 unspecified atom stereocenters. The molecule has 22 heteroatoms. The number of ether oxygens (including phenoxy) is 8. The van der Waals surface area contributed by atoms with Crippen molar-refractivity contribution in [3.8, 4) is 0 Å². The molecule has 60 heavy (non-hydrogen) atoms. The van der Waals surface area contributed by atoms with Crippen LogP contribution in [0, 0.1) is 11.8 Å². The SMILES string of the molecule is NCCCCCCN(CCOC1OC(CO)CC(C2CCC2)C1O)CCO[C@H]1OC(CO[C@H]2OC(CO)[C@@H](O)C(O)C2O)[C@@H](O)C(O[C@H]2OC(CO)[C@@H](O)C(O)C2O)C1O. The van der Waals surface area contributed by atoms with E-state index in [0.29, 0.717) is 32.0 Å². The van der Waals surface area contributed by atoms with Crippen molar-refractivity contribution in [3.63, 3.8) is 0 Å². The first-order chi connectivity index (χ1) is 28.8. The van der Waals surface area contributed by atoms with Gasteiger partial charge in [-0.2, -0.15) is 0 Å². The van der Waals surface area contributed by atoms with Gasteiger partial charge in [0.1, 0.15) is 79.4 Å². The van der Waals surface area contributed by atoms with E-state index in [4.69, 9.17) is 43.6 Å². The highest BCUT2D eigenvalue weighted by atomic mass is 16.8. The van der Waals surface area contributed by atoms with Crippen LogP contribution in [-0.2, 0) is 37.9 Å². The Kier molecular flexibility index (Phi) is 20.4. The number of aliphatic hydroxyl groups excluding tert-OH is 12. The molecule has 1 aliphatic carbocycles. The van der Waals surface area contributed by atoms with E-state index < -0.39 is 130 Å². The molecule has 4 heterocycles. The van der Waals surface area contributed by atoms with Gasteiger partial charge in [-0.15, -0.1) is 0 Å². The number of hydrogen-bond acceptors (Lipinski definition) is 22. The summed E-state index contributed by atoms with van der Waals surface area (Å²) in [7, 11) is 0. The molecule has 4 saturated heterocycles. The number of nitrogens with zero attached hydrogens (tertiary/aromatic N) is 1. The second kappa shape index (κ2) is 24.4. The maximum atomic E-state index is 11.5. The van der Waals surface area contributed by atoms with Crippen LogP contribution in [0.5, 0.6) is 0 Å². The quantitative estimate of drug-likeness (QED) is 0.0425. The molecular formula is C38H70N2O20. The fourth-order valence-corrected chi connectivity index (χ4v) is 8.40. The molecule has 22 nitrogen and oxygen atoms in total. The van der Waals surface area contributed by atoms with E-state index in [1.807, 2.05) is 0 Å². The van der Waals surface area contributed by atoms with Crippen molar-refractivity contribution in [3.05, 3.63) is 0 Å². The fourth-order valence-electron chi connectivity index (χ4n) is 8.40. The van der Waals surface area contributed by atoms with Gasteiger partial charge in [-0.3, -0.25) is 4.90 Å². The zero-order chi connectivity index (χ0) is 43.5. The van der Waals surface area contributed by atoms with Crippen LogP contribution >= 0.6 is 0 Å². The molecule has 0 aromatic carbocycles. The Morgan fingerprint density at radius 1 is 0.517 bits per heavy atom. The van der Waals surface area contributed by atoms with Gasteiger partial charge in [0.2, 0.25) is 0 Å². The molecule has 352 valence electrons. The van der Waals surface area contributed by atoms with E-state index >= 15 is 0 Å². The number of aliphatic hydroxyl groups is 12. The lowest BCUT2D eigenvalue weighted by atomic mass is 9.70. The van der Waals surface area contributed by atoms with E-state index in [2.05, 4.69) is 4.90 Å². The largest absolute Gasteiger partial charge is 0.394 e. The predicted molar refractivity (Wildman–Crippen MR) is 202 cm³/mol. The third-order valence-corrected chi connectivity index (χ3v) is 12.4. The molecule has 5 fully saturated rings. The molecule has 19 atom stereocenters. The Bertz CT molecular complexity index is 1210. The second-order valence-corrected chi connectivity index (χ2v) is 16.5. The minimum absolute atomic E-state index is 0.0258. The summed E-state index contributed by atoms with van der Waals surface area (Å²) in [5, 5.41) is 125. The van der Waals surface area contributed by atoms with Gasteiger partial charge >= 0.3 is 0 Å². The molecule has 0 radical (unpaired) electrons. The molecule has 5 rings (SSSR count). The summed E-state index contributed by atoms with van der Waals surface area (Å²) in [5.74, 6) is 0.341. The highest BCUT2D eigenvalue weighted by Crippen LogP contribution is 2.41. The molecule has 0 bridgehead atoms. The van der Waals surface area contributed by atoms with Crippen LogP contribution < -0.4 is 5.73 Å². The highest BCUT2D eigenvalue weighted by molar-refractivity contribution is 4.95. The standard InChI is InChI=1S/C38H70N2O20/c39-8-3-1-2-4-9-40(10-12-53-35-25(44)21(19-6-5-7-19)14-20(15-41)56-35)11-13-54-37-33(52)34(60-38-32(51)30(49)27(46)23(17-43)58-38)28(47)24(59-37)18-55-36-31(50)29(48)26(45)22(16-42)57-36/h19-38,41-52H,1-18,39H2/t20?,21?,22?,23?,24?,25?,26-,27-,28-,29?,30?,31?,32?,33?,34?,35?,36+,37+,38-/m1/s1. The topological polar surface area (TPSA) is 346 Å². The molecule has 14 N–H and O–H groups in total. The summed E-state index contributed by atoms with van der Waals surface area (Å²) in [4.78, 5) is 2.05. The van der Waals surface area contributed by atoms with Gasteiger partial charge in [0, 0.05) is 13.1 Å². The fraction of sp³-hybridized carbons (Fsp3) is 1.00. The molecular weight excluding hydrogens is 804 g/mol.